The molecule has 2 aromatic rings. The Morgan fingerprint density at radius 3 is 2.48 bits per heavy atom. The Balaban J connectivity index is 1.82. The second kappa shape index (κ2) is 6.04. The Morgan fingerprint density at radius 2 is 1.71 bits per heavy atom. The number of hydrogen-bond donors (Lipinski definition) is 0. The maximum Gasteiger partial charge on any atom is 0.0484 e. The third-order valence-corrected chi connectivity index (χ3v) is 4.65. The Hall–Kier alpha value is -1.58. The second-order valence-corrected chi connectivity index (χ2v) is 6.17. The second-order valence-electron chi connectivity index (χ2n) is 6.17. The third-order valence-electron chi connectivity index (χ3n) is 4.65. The lowest BCUT2D eigenvalue weighted by Crippen LogP contribution is -2.44. The van der Waals surface area contributed by atoms with E-state index in [1.807, 2.05) is 0 Å². The van der Waals surface area contributed by atoms with Crippen LogP contribution in [0.5, 0.6) is 0 Å². The van der Waals surface area contributed by atoms with Crippen molar-refractivity contribution in [3.8, 4) is 5.69 Å². The van der Waals surface area contributed by atoms with Gasteiger partial charge in [0, 0.05) is 50.3 Å². The number of benzene rings is 1. The maximum atomic E-state index is 2.55. The molecule has 1 aliphatic rings. The monoisotopic (exact) mass is 283 g/mol. The van der Waals surface area contributed by atoms with Crippen molar-refractivity contribution in [3.63, 3.8) is 0 Å². The normalized spacial score (nSPS) is 17.3. The first-order valence-corrected chi connectivity index (χ1v) is 7.79. The first-order valence-electron chi connectivity index (χ1n) is 7.79. The van der Waals surface area contributed by atoms with Gasteiger partial charge < -0.3 is 9.47 Å². The summed E-state index contributed by atoms with van der Waals surface area (Å²) in [6, 6.07) is 11.0. The lowest BCUT2D eigenvalue weighted by Gasteiger charge is -2.32. The fourth-order valence-corrected chi connectivity index (χ4v) is 3.01. The predicted molar refractivity (Wildman–Crippen MR) is 88.0 cm³/mol. The molecule has 0 bridgehead atoms. The van der Waals surface area contributed by atoms with Crippen molar-refractivity contribution in [1.82, 2.24) is 14.4 Å². The van der Waals surface area contributed by atoms with E-state index in [1.165, 1.54) is 35.6 Å². The number of rotatable bonds is 3. The molecule has 0 spiro atoms. The first kappa shape index (κ1) is 14.4. The van der Waals surface area contributed by atoms with Crippen molar-refractivity contribution in [2.75, 3.05) is 33.2 Å². The Morgan fingerprint density at radius 1 is 0.952 bits per heavy atom. The van der Waals surface area contributed by atoms with Crippen LogP contribution in [0.15, 0.2) is 36.5 Å². The van der Waals surface area contributed by atoms with E-state index in [9.17, 15) is 0 Å². The molecule has 0 atom stereocenters. The van der Waals surface area contributed by atoms with Crippen LogP contribution in [-0.2, 0) is 6.54 Å². The molecule has 1 saturated heterocycles. The summed E-state index contributed by atoms with van der Waals surface area (Å²) in [5, 5.41) is 0. The summed E-state index contributed by atoms with van der Waals surface area (Å²) in [5.41, 5.74) is 5.41. The Kier molecular flexibility index (Phi) is 4.13. The van der Waals surface area contributed by atoms with E-state index in [0.29, 0.717) is 0 Å². The highest BCUT2D eigenvalue weighted by atomic mass is 15.2. The molecule has 1 fully saturated rings. The highest BCUT2D eigenvalue weighted by Gasteiger charge is 2.16. The zero-order valence-corrected chi connectivity index (χ0v) is 13.3. The summed E-state index contributed by atoms with van der Waals surface area (Å²) in [6.45, 7) is 10.1. The number of likely N-dealkylation sites (N-methyl/N-ethyl adjacent to an activating group) is 1. The fraction of sp³-hybridized carbons (Fsp3) is 0.444. The Labute approximate surface area is 127 Å². The SMILES string of the molecule is Cc1cccc(-n2cccc2CN2CCN(C)CC2)c1C. The molecule has 112 valence electrons. The van der Waals surface area contributed by atoms with Gasteiger partial charge in [0.15, 0.2) is 0 Å². The molecule has 3 heteroatoms. The summed E-state index contributed by atoms with van der Waals surface area (Å²) >= 11 is 0. The molecule has 0 N–H and O–H groups in total. The molecular formula is C18H25N3. The maximum absolute atomic E-state index is 2.55. The van der Waals surface area contributed by atoms with Gasteiger partial charge in [0.05, 0.1) is 0 Å². The minimum Gasteiger partial charge on any atom is -0.319 e. The molecule has 21 heavy (non-hydrogen) atoms. The number of piperazine rings is 1. The van der Waals surface area contributed by atoms with Crippen molar-refractivity contribution < 1.29 is 0 Å². The van der Waals surface area contributed by atoms with Crippen LogP contribution in [0, 0.1) is 13.8 Å². The first-order chi connectivity index (χ1) is 10.1. The largest absolute Gasteiger partial charge is 0.319 e. The van der Waals surface area contributed by atoms with Crippen molar-refractivity contribution >= 4 is 0 Å². The van der Waals surface area contributed by atoms with E-state index in [1.54, 1.807) is 0 Å². The molecule has 1 aliphatic heterocycles. The number of hydrogen-bond acceptors (Lipinski definition) is 2. The number of aryl methyl sites for hydroxylation is 1. The van der Waals surface area contributed by atoms with E-state index in [-0.39, 0.29) is 0 Å². The highest BCUT2D eigenvalue weighted by Crippen LogP contribution is 2.21. The summed E-state index contributed by atoms with van der Waals surface area (Å²) in [4.78, 5) is 4.96. The molecule has 0 amide bonds. The molecule has 3 rings (SSSR count). The van der Waals surface area contributed by atoms with Gasteiger partial charge in [-0.05, 0) is 50.2 Å². The van der Waals surface area contributed by atoms with E-state index in [4.69, 9.17) is 0 Å². The molecule has 1 aromatic heterocycles. The molecule has 1 aromatic carbocycles. The average Bonchev–Trinajstić information content (AvgIpc) is 2.92. The quantitative estimate of drug-likeness (QED) is 0.858. The van der Waals surface area contributed by atoms with Gasteiger partial charge in [0.1, 0.15) is 0 Å². The van der Waals surface area contributed by atoms with E-state index in [2.05, 4.69) is 71.8 Å². The van der Waals surface area contributed by atoms with Gasteiger partial charge in [-0.2, -0.15) is 0 Å². The average molecular weight is 283 g/mol. The van der Waals surface area contributed by atoms with Gasteiger partial charge in [-0.3, -0.25) is 4.90 Å². The molecule has 0 saturated carbocycles. The van der Waals surface area contributed by atoms with E-state index >= 15 is 0 Å². The van der Waals surface area contributed by atoms with Crippen molar-refractivity contribution in [1.29, 1.82) is 0 Å². The summed E-state index contributed by atoms with van der Waals surface area (Å²) in [6.07, 6.45) is 2.19. The van der Waals surface area contributed by atoms with Crippen LogP contribution in [0.3, 0.4) is 0 Å². The topological polar surface area (TPSA) is 11.4 Å². The minimum atomic E-state index is 1.04. The molecule has 0 unspecified atom stereocenters. The molecule has 0 radical (unpaired) electrons. The van der Waals surface area contributed by atoms with Gasteiger partial charge in [-0.1, -0.05) is 12.1 Å². The van der Waals surface area contributed by atoms with E-state index < -0.39 is 0 Å². The van der Waals surface area contributed by atoms with Crippen molar-refractivity contribution in [3.05, 3.63) is 53.3 Å². The number of nitrogens with zero attached hydrogens (tertiary/aromatic N) is 3. The molecule has 3 nitrogen and oxygen atoms in total. The fourth-order valence-electron chi connectivity index (χ4n) is 3.01. The van der Waals surface area contributed by atoms with Gasteiger partial charge >= 0.3 is 0 Å². The zero-order chi connectivity index (χ0) is 14.8. The summed E-state index contributed by atoms with van der Waals surface area (Å²) in [5.74, 6) is 0. The van der Waals surface area contributed by atoms with Crippen molar-refractivity contribution in [2.45, 2.75) is 20.4 Å². The van der Waals surface area contributed by atoms with Gasteiger partial charge in [-0.15, -0.1) is 0 Å². The smallest absolute Gasteiger partial charge is 0.0484 e. The lowest BCUT2D eigenvalue weighted by molar-refractivity contribution is 0.146. The van der Waals surface area contributed by atoms with Crippen LogP contribution in [0.1, 0.15) is 16.8 Å². The highest BCUT2D eigenvalue weighted by molar-refractivity contribution is 5.46. The van der Waals surface area contributed by atoms with Crippen molar-refractivity contribution in [2.24, 2.45) is 0 Å². The minimum absolute atomic E-state index is 1.04. The van der Waals surface area contributed by atoms with Gasteiger partial charge in [0.2, 0.25) is 0 Å². The molecule has 0 aliphatic carbocycles. The zero-order valence-electron chi connectivity index (χ0n) is 13.3. The van der Waals surface area contributed by atoms with Crippen LogP contribution in [0.25, 0.3) is 5.69 Å². The van der Waals surface area contributed by atoms with Crippen LogP contribution in [0.4, 0.5) is 0 Å². The van der Waals surface area contributed by atoms with Crippen LogP contribution < -0.4 is 0 Å². The lowest BCUT2D eigenvalue weighted by atomic mass is 10.1. The predicted octanol–water partition coefficient (Wildman–Crippen LogP) is 2.84. The summed E-state index contributed by atoms with van der Waals surface area (Å²) in [7, 11) is 2.20. The van der Waals surface area contributed by atoms with E-state index in [0.717, 1.165) is 19.6 Å². The van der Waals surface area contributed by atoms with Crippen LogP contribution in [0.2, 0.25) is 0 Å². The third kappa shape index (κ3) is 3.04. The van der Waals surface area contributed by atoms with Gasteiger partial charge in [-0.25, -0.2) is 0 Å². The van der Waals surface area contributed by atoms with Crippen LogP contribution in [-0.4, -0.2) is 47.6 Å². The summed E-state index contributed by atoms with van der Waals surface area (Å²) < 4.78 is 2.35. The number of aromatic nitrogens is 1. The molecular weight excluding hydrogens is 258 g/mol. The standard InChI is InChI=1S/C18H25N3/c1-15-6-4-8-18(16(15)2)21-9-5-7-17(21)14-20-12-10-19(3)11-13-20/h4-9H,10-14H2,1-3H3. The van der Waals surface area contributed by atoms with Crippen LogP contribution >= 0.6 is 0 Å². The van der Waals surface area contributed by atoms with Gasteiger partial charge in [0.25, 0.3) is 0 Å². The molecule has 2 heterocycles. The Bertz CT molecular complexity index is 607.